The zero-order chi connectivity index (χ0) is 19.3. The zero-order valence-corrected chi connectivity index (χ0v) is 15.5. The topological polar surface area (TPSA) is 95.9 Å². The summed E-state index contributed by atoms with van der Waals surface area (Å²) in [4.78, 5) is 37.5. The minimum Gasteiger partial charge on any atom is -0.480 e. The summed E-state index contributed by atoms with van der Waals surface area (Å²) >= 11 is 6.02. The molecule has 0 radical (unpaired) electrons. The SMILES string of the molecule is CC(C)[C@H](NC(=O)OCc1ccccc1Cl)C(=O)N1CCC[C@H]1C(=O)O. The third kappa shape index (κ3) is 4.88. The van der Waals surface area contributed by atoms with E-state index in [1.165, 1.54) is 4.90 Å². The average Bonchev–Trinajstić information content (AvgIpc) is 3.08. The molecule has 1 heterocycles. The molecule has 26 heavy (non-hydrogen) atoms. The van der Waals surface area contributed by atoms with Crippen molar-refractivity contribution in [3.8, 4) is 0 Å². The van der Waals surface area contributed by atoms with E-state index in [9.17, 15) is 19.5 Å². The lowest BCUT2D eigenvalue weighted by Crippen LogP contribution is -2.53. The second-order valence-corrected chi connectivity index (χ2v) is 6.97. The lowest BCUT2D eigenvalue weighted by molar-refractivity contribution is -0.149. The molecule has 0 saturated carbocycles. The lowest BCUT2D eigenvalue weighted by atomic mass is 10.0. The van der Waals surface area contributed by atoms with E-state index in [1.54, 1.807) is 38.1 Å². The van der Waals surface area contributed by atoms with E-state index in [-0.39, 0.29) is 12.5 Å². The Morgan fingerprint density at radius 3 is 2.65 bits per heavy atom. The molecular formula is C18H23ClN2O5. The molecule has 2 amide bonds. The molecule has 0 aliphatic carbocycles. The fraction of sp³-hybridized carbons (Fsp3) is 0.500. The number of carbonyl (C=O) groups excluding carboxylic acids is 2. The van der Waals surface area contributed by atoms with Crippen molar-refractivity contribution >= 4 is 29.6 Å². The highest BCUT2D eigenvalue weighted by atomic mass is 35.5. The molecule has 1 aliphatic rings. The first-order valence-corrected chi connectivity index (χ1v) is 8.89. The van der Waals surface area contributed by atoms with Crippen LogP contribution in [0.25, 0.3) is 0 Å². The van der Waals surface area contributed by atoms with E-state index in [4.69, 9.17) is 16.3 Å². The Labute approximate surface area is 157 Å². The van der Waals surface area contributed by atoms with Crippen molar-refractivity contribution in [2.75, 3.05) is 6.54 Å². The van der Waals surface area contributed by atoms with Crippen LogP contribution in [0.5, 0.6) is 0 Å². The van der Waals surface area contributed by atoms with E-state index in [2.05, 4.69) is 5.32 Å². The number of ether oxygens (including phenoxy) is 1. The number of rotatable bonds is 6. The van der Waals surface area contributed by atoms with E-state index < -0.39 is 30.1 Å². The molecule has 2 atom stereocenters. The van der Waals surface area contributed by atoms with Gasteiger partial charge < -0.3 is 20.1 Å². The van der Waals surface area contributed by atoms with Crippen LogP contribution < -0.4 is 5.32 Å². The first-order valence-electron chi connectivity index (χ1n) is 8.51. The average molecular weight is 383 g/mol. The number of nitrogens with zero attached hydrogens (tertiary/aromatic N) is 1. The van der Waals surface area contributed by atoms with E-state index in [1.807, 2.05) is 0 Å². The van der Waals surface area contributed by atoms with Crippen LogP contribution in [-0.4, -0.2) is 46.6 Å². The molecule has 1 aliphatic heterocycles. The third-order valence-corrected chi connectivity index (χ3v) is 4.71. The summed E-state index contributed by atoms with van der Waals surface area (Å²) in [6.07, 6.45) is 0.302. The first-order chi connectivity index (χ1) is 12.3. The summed E-state index contributed by atoms with van der Waals surface area (Å²) in [6, 6.07) is 5.29. The summed E-state index contributed by atoms with van der Waals surface area (Å²) in [5, 5.41) is 12.3. The van der Waals surface area contributed by atoms with Crippen LogP contribution in [0.1, 0.15) is 32.3 Å². The van der Waals surface area contributed by atoms with Crippen molar-refractivity contribution < 1.29 is 24.2 Å². The van der Waals surface area contributed by atoms with E-state index in [0.717, 1.165) is 0 Å². The van der Waals surface area contributed by atoms with E-state index >= 15 is 0 Å². The summed E-state index contributed by atoms with van der Waals surface area (Å²) in [6.45, 7) is 3.91. The summed E-state index contributed by atoms with van der Waals surface area (Å²) in [7, 11) is 0. The monoisotopic (exact) mass is 382 g/mol. The smallest absolute Gasteiger partial charge is 0.408 e. The number of likely N-dealkylation sites (tertiary alicyclic amines) is 1. The molecule has 142 valence electrons. The van der Waals surface area contributed by atoms with Gasteiger partial charge in [-0.05, 0) is 24.8 Å². The van der Waals surface area contributed by atoms with Crippen molar-refractivity contribution in [3.63, 3.8) is 0 Å². The Bertz CT molecular complexity index is 679. The molecule has 8 heteroatoms. The molecule has 0 aromatic heterocycles. The molecule has 2 rings (SSSR count). The van der Waals surface area contributed by atoms with Crippen molar-refractivity contribution in [3.05, 3.63) is 34.9 Å². The van der Waals surface area contributed by atoms with Crippen molar-refractivity contribution in [1.29, 1.82) is 0 Å². The van der Waals surface area contributed by atoms with Gasteiger partial charge in [0.05, 0.1) is 0 Å². The largest absolute Gasteiger partial charge is 0.480 e. The van der Waals surface area contributed by atoms with Gasteiger partial charge in [-0.1, -0.05) is 43.6 Å². The molecule has 1 aromatic rings. The lowest BCUT2D eigenvalue weighted by Gasteiger charge is -2.29. The van der Waals surface area contributed by atoms with Gasteiger partial charge >= 0.3 is 12.1 Å². The normalized spacial score (nSPS) is 17.8. The summed E-state index contributed by atoms with van der Waals surface area (Å²) < 4.78 is 5.16. The minimum atomic E-state index is -1.03. The number of hydrogen-bond donors (Lipinski definition) is 2. The number of nitrogens with one attached hydrogen (secondary N) is 1. The molecule has 1 saturated heterocycles. The number of aliphatic carboxylic acids is 1. The summed E-state index contributed by atoms with van der Waals surface area (Å²) in [5.41, 5.74) is 0.655. The second kappa shape index (κ2) is 8.89. The van der Waals surface area contributed by atoms with Gasteiger partial charge in [-0.15, -0.1) is 0 Å². The van der Waals surface area contributed by atoms with Crippen LogP contribution in [0.3, 0.4) is 0 Å². The van der Waals surface area contributed by atoms with Gasteiger partial charge in [0, 0.05) is 17.1 Å². The highest BCUT2D eigenvalue weighted by Gasteiger charge is 2.38. The van der Waals surface area contributed by atoms with Crippen molar-refractivity contribution in [1.82, 2.24) is 10.2 Å². The Kier molecular flexibility index (Phi) is 6.85. The maximum atomic E-state index is 12.7. The predicted molar refractivity (Wildman–Crippen MR) is 95.8 cm³/mol. The molecule has 0 bridgehead atoms. The standard InChI is InChI=1S/C18H23ClN2O5/c1-11(2)15(16(22)21-9-5-8-14(21)17(23)24)20-18(25)26-10-12-6-3-4-7-13(12)19/h3-4,6-7,11,14-15H,5,8-10H2,1-2H3,(H,20,25)(H,23,24)/t14-,15-/m0/s1. The number of hydrogen-bond acceptors (Lipinski definition) is 4. The molecule has 0 spiro atoms. The van der Waals surface area contributed by atoms with E-state index in [0.29, 0.717) is 30.0 Å². The molecule has 7 nitrogen and oxygen atoms in total. The number of benzene rings is 1. The van der Waals surface area contributed by atoms with Gasteiger partial charge in [0.25, 0.3) is 0 Å². The fourth-order valence-electron chi connectivity index (χ4n) is 2.91. The predicted octanol–water partition coefficient (Wildman–Crippen LogP) is 2.67. The molecule has 1 aromatic carbocycles. The van der Waals surface area contributed by atoms with Crippen LogP contribution in [0.4, 0.5) is 4.79 Å². The maximum Gasteiger partial charge on any atom is 0.408 e. The third-order valence-electron chi connectivity index (χ3n) is 4.34. The molecular weight excluding hydrogens is 360 g/mol. The van der Waals surface area contributed by atoms with Crippen molar-refractivity contribution in [2.45, 2.75) is 45.4 Å². The van der Waals surface area contributed by atoms with Gasteiger partial charge in [0.15, 0.2) is 0 Å². The Morgan fingerprint density at radius 2 is 2.04 bits per heavy atom. The van der Waals surface area contributed by atoms with Crippen LogP contribution >= 0.6 is 11.6 Å². The number of halogens is 1. The van der Waals surface area contributed by atoms with Crippen LogP contribution in [-0.2, 0) is 20.9 Å². The number of carbonyl (C=O) groups is 3. The number of carboxylic acids is 1. The van der Waals surface area contributed by atoms with Gasteiger partial charge in [0.1, 0.15) is 18.7 Å². The number of amides is 2. The highest BCUT2D eigenvalue weighted by molar-refractivity contribution is 6.31. The molecule has 0 unspecified atom stereocenters. The van der Waals surface area contributed by atoms with Crippen LogP contribution in [0.15, 0.2) is 24.3 Å². The van der Waals surface area contributed by atoms with Crippen LogP contribution in [0.2, 0.25) is 5.02 Å². The quantitative estimate of drug-likeness (QED) is 0.788. The first kappa shape index (κ1) is 20.0. The second-order valence-electron chi connectivity index (χ2n) is 6.56. The Morgan fingerprint density at radius 1 is 1.35 bits per heavy atom. The van der Waals surface area contributed by atoms with Gasteiger partial charge in [0.2, 0.25) is 5.91 Å². The Hall–Kier alpha value is -2.28. The van der Waals surface area contributed by atoms with Gasteiger partial charge in [-0.25, -0.2) is 9.59 Å². The zero-order valence-electron chi connectivity index (χ0n) is 14.8. The highest BCUT2D eigenvalue weighted by Crippen LogP contribution is 2.20. The Balaban J connectivity index is 1.99. The van der Waals surface area contributed by atoms with Gasteiger partial charge in [-0.3, -0.25) is 4.79 Å². The van der Waals surface area contributed by atoms with Crippen molar-refractivity contribution in [2.24, 2.45) is 5.92 Å². The number of carboxylic acid groups (broad SMARTS) is 1. The van der Waals surface area contributed by atoms with Crippen LogP contribution in [0, 0.1) is 5.92 Å². The number of alkyl carbamates (subject to hydrolysis) is 1. The minimum absolute atomic E-state index is 0.0218. The van der Waals surface area contributed by atoms with Gasteiger partial charge in [-0.2, -0.15) is 0 Å². The molecule has 2 N–H and O–H groups in total. The molecule has 1 fully saturated rings. The fourth-order valence-corrected chi connectivity index (χ4v) is 3.10. The summed E-state index contributed by atoms with van der Waals surface area (Å²) in [5.74, 6) is -1.65. The maximum absolute atomic E-state index is 12.7.